The molecule has 1 amide bonds. The second-order valence-corrected chi connectivity index (χ2v) is 13.4. The molecule has 23 heavy (non-hydrogen) atoms. The molecule has 0 unspecified atom stereocenters. The average Bonchev–Trinajstić information content (AvgIpc) is 2.34. The lowest BCUT2D eigenvalue weighted by Crippen LogP contribution is -2.45. The molecule has 0 spiro atoms. The summed E-state index contributed by atoms with van der Waals surface area (Å²) in [6.07, 6.45) is 3.43. The third-order valence-corrected chi connectivity index (χ3v) is 8.67. The van der Waals surface area contributed by atoms with Crippen LogP contribution in [0.1, 0.15) is 41.5 Å². The number of hydrogen-bond acceptors (Lipinski definition) is 4. The Bertz CT molecular complexity index is 435. The van der Waals surface area contributed by atoms with Crippen molar-refractivity contribution >= 4 is 14.4 Å². The third kappa shape index (κ3) is 7.06. The van der Waals surface area contributed by atoms with Crippen molar-refractivity contribution < 1.29 is 18.7 Å². The minimum Gasteiger partial charge on any atom is -0.444 e. The van der Waals surface area contributed by atoms with Gasteiger partial charge in [0, 0.05) is 0 Å². The lowest BCUT2D eigenvalue weighted by Gasteiger charge is -2.37. The lowest BCUT2D eigenvalue weighted by molar-refractivity contribution is 0.0221. The summed E-state index contributed by atoms with van der Waals surface area (Å²) in [4.78, 5) is 11.7. The smallest absolute Gasteiger partial charge is 0.408 e. The summed E-state index contributed by atoms with van der Waals surface area (Å²) in [5, 5.41) is 2.97. The lowest BCUT2D eigenvalue weighted by atomic mass is 10.2. The molecule has 1 aliphatic heterocycles. The molecule has 0 saturated heterocycles. The highest BCUT2D eigenvalue weighted by atomic mass is 28.4. The Labute approximate surface area is 141 Å². The quantitative estimate of drug-likeness (QED) is 0.622. The van der Waals surface area contributed by atoms with Crippen LogP contribution in [-0.2, 0) is 13.9 Å². The Morgan fingerprint density at radius 1 is 1.22 bits per heavy atom. The van der Waals surface area contributed by atoms with Gasteiger partial charge in [-0.15, -0.1) is 0 Å². The zero-order valence-electron chi connectivity index (χ0n) is 15.9. The second kappa shape index (κ2) is 7.36. The fraction of sp³-hybridized carbons (Fsp3) is 0.824. The van der Waals surface area contributed by atoms with Gasteiger partial charge >= 0.3 is 6.09 Å². The first-order valence-corrected chi connectivity index (χ1v) is 11.1. The van der Waals surface area contributed by atoms with E-state index in [0.29, 0.717) is 13.2 Å². The summed E-state index contributed by atoms with van der Waals surface area (Å²) >= 11 is 0. The highest BCUT2D eigenvalue weighted by molar-refractivity contribution is 6.74. The maximum atomic E-state index is 11.7. The Morgan fingerprint density at radius 2 is 1.83 bits per heavy atom. The highest BCUT2D eigenvalue weighted by Crippen LogP contribution is 2.36. The van der Waals surface area contributed by atoms with E-state index in [9.17, 15) is 4.79 Å². The highest BCUT2D eigenvalue weighted by Gasteiger charge is 2.37. The van der Waals surface area contributed by atoms with Crippen LogP contribution in [0, 0.1) is 0 Å². The maximum Gasteiger partial charge on any atom is 0.408 e. The molecule has 0 fully saturated rings. The summed E-state index contributed by atoms with van der Waals surface area (Å²) in [5.74, 6) is 0. The van der Waals surface area contributed by atoms with Crippen molar-refractivity contribution in [1.29, 1.82) is 0 Å². The minimum atomic E-state index is -1.76. The van der Waals surface area contributed by atoms with E-state index in [2.05, 4.69) is 39.2 Å². The fourth-order valence-corrected chi connectivity index (χ4v) is 2.77. The van der Waals surface area contributed by atoms with Crippen molar-refractivity contribution in [3.63, 3.8) is 0 Å². The van der Waals surface area contributed by atoms with Crippen molar-refractivity contribution in [1.82, 2.24) is 5.32 Å². The van der Waals surface area contributed by atoms with Gasteiger partial charge in [0.2, 0.25) is 0 Å². The van der Waals surface area contributed by atoms with Gasteiger partial charge in [0.05, 0.1) is 25.4 Å². The number of alkyl carbamates (subject to hydrolysis) is 1. The molecule has 5 nitrogen and oxygen atoms in total. The molecule has 1 rings (SSSR count). The number of hydrogen-bond donors (Lipinski definition) is 1. The van der Waals surface area contributed by atoms with Gasteiger partial charge in [0.1, 0.15) is 5.60 Å². The van der Waals surface area contributed by atoms with Crippen LogP contribution >= 0.6 is 0 Å². The molecule has 0 aliphatic carbocycles. The topological polar surface area (TPSA) is 56.8 Å². The standard InChI is InChI=1S/C17H33NO4Si/c1-16(2,3)22-15(19)18-13-9-10-14(20-11-13)12-21-23(7,8)17(4,5)6/h9-10,13-14H,11-12H2,1-8H3,(H,18,19)/t13-,14-/m0/s1. The predicted molar refractivity (Wildman–Crippen MR) is 95.2 cm³/mol. The van der Waals surface area contributed by atoms with E-state index in [4.69, 9.17) is 13.9 Å². The van der Waals surface area contributed by atoms with E-state index >= 15 is 0 Å². The van der Waals surface area contributed by atoms with Gasteiger partial charge in [-0.05, 0) is 38.9 Å². The van der Waals surface area contributed by atoms with E-state index in [1.807, 2.05) is 32.9 Å². The molecule has 0 aromatic rings. The van der Waals surface area contributed by atoms with Gasteiger partial charge < -0.3 is 19.2 Å². The first kappa shape index (κ1) is 20.2. The Morgan fingerprint density at radius 3 is 2.26 bits per heavy atom. The maximum absolute atomic E-state index is 11.7. The van der Waals surface area contributed by atoms with Crippen LogP contribution in [0.5, 0.6) is 0 Å². The molecule has 0 saturated carbocycles. The molecule has 1 heterocycles. The fourth-order valence-electron chi connectivity index (χ4n) is 1.76. The van der Waals surface area contributed by atoms with Gasteiger partial charge in [-0.1, -0.05) is 32.9 Å². The Balaban J connectivity index is 2.43. The SMILES string of the molecule is CC(C)(C)OC(=O)N[C@H]1C=C[C@@H](CO[Si](C)(C)C(C)(C)C)OC1. The summed E-state index contributed by atoms with van der Waals surface area (Å²) in [5.41, 5.74) is -0.497. The predicted octanol–water partition coefficient (Wildman–Crippen LogP) is 3.86. The normalized spacial score (nSPS) is 22.8. The van der Waals surface area contributed by atoms with Crippen LogP contribution in [0.4, 0.5) is 4.79 Å². The molecule has 0 radical (unpaired) electrons. The van der Waals surface area contributed by atoms with Crippen molar-refractivity contribution in [2.45, 2.75) is 77.4 Å². The molecule has 1 aliphatic rings. The van der Waals surface area contributed by atoms with Crippen molar-refractivity contribution in [3.05, 3.63) is 12.2 Å². The van der Waals surface area contributed by atoms with Crippen molar-refractivity contribution in [3.8, 4) is 0 Å². The van der Waals surface area contributed by atoms with Crippen LogP contribution in [0.15, 0.2) is 12.2 Å². The van der Waals surface area contributed by atoms with Crippen LogP contribution in [-0.4, -0.2) is 45.4 Å². The van der Waals surface area contributed by atoms with Crippen LogP contribution in [0.2, 0.25) is 18.1 Å². The molecule has 6 heteroatoms. The number of ether oxygens (including phenoxy) is 2. The van der Waals surface area contributed by atoms with Crippen molar-refractivity contribution in [2.75, 3.05) is 13.2 Å². The third-order valence-electron chi connectivity index (χ3n) is 4.16. The van der Waals surface area contributed by atoms with Gasteiger partial charge in [-0.25, -0.2) is 4.79 Å². The van der Waals surface area contributed by atoms with Crippen molar-refractivity contribution in [2.24, 2.45) is 0 Å². The van der Waals surface area contributed by atoms with Gasteiger partial charge in [0.15, 0.2) is 8.32 Å². The van der Waals surface area contributed by atoms with Crippen LogP contribution in [0.25, 0.3) is 0 Å². The number of rotatable bonds is 4. The first-order chi connectivity index (χ1) is 10.3. The van der Waals surface area contributed by atoms with E-state index in [1.54, 1.807) is 0 Å². The minimum absolute atomic E-state index is 0.0548. The molecule has 134 valence electrons. The van der Waals surface area contributed by atoms with Crippen LogP contribution in [0.3, 0.4) is 0 Å². The Hall–Kier alpha value is -0.853. The molecular formula is C17H33NO4Si. The van der Waals surface area contributed by atoms with Gasteiger partial charge in [0.25, 0.3) is 0 Å². The molecule has 0 aromatic carbocycles. The van der Waals surface area contributed by atoms with E-state index < -0.39 is 20.0 Å². The molecule has 0 bridgehead atoms. The number of carbonyl (C=O) groups is 1. The summed E-state index contributed by atoms with van der Waals surface area (Å²) in [7, 11) is -1.76. The van der Waals surface area contributed by atoms with E-state index in [1.165, 1.54) is 0 Å². The van der Waals surface area contributed by atoms with Gasteiger partial charge in [-0.2, -0.15) is 0 Å². The number of carbonyl (C=O) groups excluding carboxylic acids is 1. The molecule has 1 N–H and O–H groups in total. The molecule has 0 aromatic heterocycles. The largest absolute Gasteiger partial charge is 0.444 e. The second-order valence-electron chi connectivity index (χ2n) is 8.58. The zero-order valence-corrected chi connectivity index (χ0v) is 16.9. The monoisotopic (exact) mass is 343 g/mol. The first-order valence-electron chi connectivity index (χ1n) is 8.23. The molecule has 2 atom stereocenters. The summed E-state index contributed by atoms with van der Waals surface area (Å²) in [6, 6.07) is -0.158. The van der Waals surface area contributed by atoms with Gasteiger partial charge in [-0.3, -0.25) is 0 Å². The van der Waals surface area contributed by atoms with E-state index in [0.717, 1.165) is 0 Å². The zero-order chi connectivity index (χ0) is 17.9. The summed E-state index contributed by atoms with van der Waals surface area (Å²) < 4.78 is 17.2. The molecular weight excluding hydrogens is 310 g/mol. The van der Waals surface area contributed by atoms with Crippen LogP contribution < -0.4 is 5.32 Å². The Kier molecular flexibility index (Phi) is 6.46. The number of nitrogens with one attached hydrogen (secondary N) is 1. The average molecular weight is 344 g/mol. The van der Waals surface area contributed by atoms with E-state index in [-0.39, 0.29) is 17.2 Å². The summed E-state index contributed by atoms with van der Waals surface area (Å²) in [6.45, 7) is 17.6. The number of amides is 1.